The summed E-state index contributed by atoms with van der Waals surface area (Å²) < 4.78 is 1.07. The van der Waals surface area contributed by atoms with Crippen molar-refractivity contribution in [2.75, 3.05) is 0 Å². The van der Waals surface area contributed by atoms with Crippen molar-refractivity contribution in [3.05, 3.63) is 63.6 Å². The van der Waals surface area contributed by atoms with Crippen LogP contribution in [0.25, 0.3) is 0 Å². The fourth-order valence-corrected chi connectivity index (χ4v) is 3.63. The zero-order valence-corrected chi connectivity index (χ0v) is 13.7. The van der Waals surface area contributed by atoms with Gasteiger partial charge < -0.3 is 5.73 Å². The average Bonchev–Trinajstić information content (AvgIpc) is 2.37. The van der Waals surface area contributed by atoms with Crippen LogP contribution in [-0.4, -0.2) is 6.04 Å². The SMILES string of the molecule is CC(N)C(Sc1ccccc1Cl)c1cccc(Br)c1. The summed E-state index contributed by atoms with van der Waals surface area (Å²) in [5.74, 6) is 0. The first-order valence-corrected chi connectivity index (χ1v) is 8.05. The first-order chi connectivity index (χ1) is 9.08. The van der Waals surface area contributed by atoms with E-state index in [0.717, 1.165) is 14.4 Å². The lowest BCUT2D eigenvalue weighted by Gasteiger charge is -2.21. The van der Waals surface area contributed by atoms with Crippen LogP contribution in [0.4, 0.5) is 0 Å². The van der Waals surface area contributed by atoms with Crippen LogP contribution in [0.2, 0.25) is 5.02 Å². The van der Waals surface area contributed by atoms with Crippen LogP contribution in [0.1, 0.15) is 17.7 Å². The summed E-state index contributed by atoms with van der Waals surface area (Å²) in [6.45, 7) is 2.02. The molecule has 100 valence electrons. The van der Waals surface area contributed by atoms with Gasteiger partial charge in [0, 0.05) is 20.7 Å². The minimum atomic E-state index is 0.0376. The Morgan fingerprint density at radius 2 is 1.89 bits per heavy atom. The van der Waals surface area contributed by atoms with Crippen LogP contribution in [0, 0.1) is 0 Å². The van der Waals surface area contributed by atoms with Gasteiger partial charge in [-0.05, 0) is 36.8 Å². The number of nitrogens with two attached hydrogens (primary N) is 1. The predicted octanol–water partition coefficient (Wildman–Crippen LogP) is 5.28. The zero-order valence-electron chi connectivity index (χ0n) is 10.5. The van der Waals surface area contributed by atoms with Gasteiger partial charge in [0.2, 0.25) is 0 Å². The first-order valence-electron chi connectivity index (χ1n) is 6.00. The molecule has 0 spiro atoms. The van der Waals surface area contributed by atoms with E-state index in [0.29, 0.717) is 0 Å². The fraction of sp³-hybridized carbons (Fsp3) is 0.200. The second-order valence-corrected chi connectivity index (χ2v) is 6.89. The smallest absolute Gasteiger partial charge is 0.0542 e. The molecule has 1 nitrogen and oxygen atoms in total. The summed E-state index contributed by atoms with van der Waals surface area (Å²) in [5.41, 5.74) is 7.34. The van der Waals surface area contributed by atoms with E-state index in [-0.39, 0.29) is 11.3 Å². The van der Waals surface area contributed by atoms with Gasteiger partial charge in [0.1, 0.15) is 0 Å². The molecule has 2 aromatic rings. The molecule has 0 aliphatic rings. The molecule has 0 aliphatic carbocycles. The van der Waals surface area contributed by atoms with E-state index < -0.39 is 0 Å². The molecule has 0 aromatic heterocycles. The quantitative estimate of drug-likeness (QED) is 0.754. The molecule has 19 heavy (non-hydrogen) atoms. The Morgan fingerprint density at radius 1 is 1.16 bits per heavy atom. The topological polar surface area (TPSA) is 26.0 Å². The second-order valence-electron chi connectivity index (χ2n) is 4.38. The molecule has 2 N–H and O–H groups in total. The fourth-order valence-electron chi connectivity index (χ4n) is 1.84. The Kier molecular flexibility index (Phi) is 5.34. The van der Waals surface area contributed by atoms with Crippen LogP contribution >= 0.6 is 39.3 Å². The van der Waals surface area contributed by atoms with Crippen LogP contribution in [0.5, 0.6) is 0 Å². The molecular weight excluding hydrogens is 342 g/mol. The van der Waals surface area contributed by atoms with Gasteiger partial charge >= 0.3 is 0 Å². The van der Waals surface area contributed by atoms with Gasteiger partial charge in [0.15, 0.2) is 0 Å². The Bertz CT molecular complexity index is 559. The van der Waals surface area contributed by atoms with Gasteiger partial charge in [-0.2, -0.15) is 0 Å². The number of benzene rings is 2. The molecular formula is C15H15BrClNS. The standard InChI is InChI=1S/C15H15BrClNS/c1-10(18)15(11-5-4-6-12(16)9-11)19-14-8-3-2-7-13(14)17/h2-10,15H,18H2,1H3. The van der Waals surface area contributed by atoms with Crippen LogP contribution < -0.4 is 5.73 Å². The minimum absolute atomic E-state index is 0.0376. The summed E-state index contributed by atoms with van der Waals surface area (Å²) in [5, 5.41) is 0.950. The Balaban J connectivity index is 2.29. The molecule has 2 rings (SSSR count). The average molecular weight is 357 g/mol. The molecule has 0 aliphatic heterocycles. The van der Waals surface area contributed by atoms with Gasteiger partial charge in [-0.25, -0.2) is 0 Å². The lowest BCUT2D eigenvalue weighted by atomic mass is 10.1. The molecule has 0 saturated carbocycles. The Labute approximate surface area is 131 Å². The van der Waals surface area contributed by atoms with Gasteiger partial charge in [-0.15, -0.1) is 11.8 Å². The van der Waals surface area contributed by atoms with E-state index in [9.17, 15) is 0 Å². The van der Waals surface area contributed by atoms with E-state index in [4.69, 9.17) is 17.3 Å². The molecule has 2 unspecified atom stereocenters. The largest absolute Gasteiger partial charge is 0.327 e. The maximum absolute atomic E-state index is 6.22. The zero-order chi connectivity index (χ0) is 13.8. The van der Waals surface area contributed by atoms with E-state index >= 15 is 0 Å². The van der Waals surface area contributed by atoms with E-state index in [2.05, 4.69) is 28.1 Å². The van der Waals surface area contributed by atoms with Crippen molar-refractivity contribution in [1.29, 1.82) is 0 Å². The van der Waals surface area contributed by atoms with Gasteiger partial charge in [-0.1, -0.05) is 51.8 Å². The number of rotatable bonds is 4. The van der Waals surface area contributed by atoms with Crippen molar-refractivity contribution >= 4 is 39.3 Å². The van der Waals surface area contributed by atoms with Crippen LogP contribution in [0.15, 0.2) is 57.9 Å². The monoisotopic (exact) mass is 355 g/mol. The Morgan fingerprint density at radius 3 is 2.53 bits per heavy atom. The number of hydrogen-bond donors (Lipinski definition) is 1. The highest BCUT2D eigenvalue weighted by atomic mass is 79.9. The first kappa shape index (κ1) is 14.9. The highest BCUT2D eigenvalue weighted by Gasteiger charge is 2.19. The van der Waals surface area contributed by atoms with Gasteiger partial charge in [0.25, 0.3) is 0 Å². The third-order valence-corrected chi connectivity index (χ3v) is 5.25. The second kappa shape index (κ2) is 6.80. The van der Waals surface area contributed by atoms with Crippen LogP contribution in [0.3, 0.4) is 0 Å². The maximum Gasteiger partial charge on any atom is 0.0542 e. The molecule has 0 fully saturated rings. The minimum Gasteiger partial charge on any atom is -0.327 e. The summed E-state index contributed by atoms with van der Waals surface area (Å²) in [6.07, 6.45) is 0. The predicted molar refractivity (Wildman–Crippen MR) is 87.8 cm³/mol. The van der Waals surface area contributed by atoms with Crippen molar-refractivity contribution in [3.8, 4) is 0 Å². The molecule has 0 radical (unpaired) electrons. The number of thioether (sulfide) groups is 1. The lowest BCUT2D eigenvalue weighted by Crippen LogP contribution is -2.22. The molecule has 0 heterocycles. The molecule has 0 saturated heterocycles. The molecule has 2 aromatic carbocycles. The van der Waals surface area contributed by atoms with Gasteiger partial charge in [-0.3, -0.25) is 0 Å². The van der Waals surface area contributed by atoms with Crippen LogP contribution in [-0.2, 0) is 0 Å². The van der Waals surface area contributed by atoms with Crippen molar-refractivity contribution in [3.63, 3.8) is 0 Å². The molecule has 0 bridgehead atoms. The van der Waals surface area contributed by atoms with E-state index in [1.165, 1.54) is 5.56 Å². The highest BCUT2D eigenvalue weighted by Crippen LogP contribution is 2.40. The van der Waals surface area contributed by atoms with E-state index in [1.807, 2.05) is 43.3 Å². The maximum atomic E-state index is 6.22. The molecule has 2 atom stereocenters. The third-order valence-electron chi connectivity index (χ3n) is 2.75. The summed E-state index contributed by atoms with van der Waals surface area (Å²) >= 11 is 11.4. The Hall–Kier alpha value is -0.480. The number of hydrogen-bond acceptors (Lipinski definition) is 2. The summed E-state index contributed by atoms with van der Waals surface area (Å²) in [4.78, 5) is 1.06. The number of halogens is 2. The summed E-state index contributed by atoms with van der Waals surface area (Å²) in [6, 6.07) is 16.2. The van der Waals surface area contributed by atoms with Crippen molar-refractivity contribution < 1.29 is 0 Å². The van der Waals surface area contributed by atoms with Crippen molar-refractivity contribution in [1.82, 2.24) is 0 Å². The highest BCUT2D eigenvalue weighted by molar-refractivity contribution is 9.10. The normalized spacial score (nSPS) is 14.1. The lowest BCUT2D eigenvalue weighted by molar-refractivity contribution is 0.721. The van der Waals surface area contributed by atoms with Gasteiger partial charge in [0.05, 0.1) is 5.02 Å². The summed E-state index contributed by atoms with van der Waals surface area (Å²) in [7, 11) is 0. The third kappa shape index (κ3) is 3.99. The van der Waals surface area contributed by atoms with E-state index in [1.54, 1.807) is 11.8 Å². The van der Waals surface area contributed by atoms with Crippen molar-refractivity contribution in [2.24, 2.45) is 5.73 Å². The molecule has 0 amide bonds. The molecule has 4 heteroatoms. The van der Waals surface area contributed by atoms with Crippen molar-refractivity contribution in [2.45, 2.75) is 23.1 Å².